The molecule has 14 heteroatoms. The van der Waals surface area contributed by atoms with Crippen LogP contribution in [0, 0.1) is 0 Å². The van der Waals surface area contributed by atoms with Gasteiger partial charge in [0.2, 0.25) is 0 Å². The van der Waals surface area contributed by atoms with E-state index >= 15 is 0 Å². The SMILES string of the molecule is CC.CCCC1CCC(C)N1C(=O)c1nc(C(=O)NCC(C)(C)O)sc1-c1cnc(NCC(F)(F)F)cc1C(F)F. The Balaban J connectivity index is 0.00000287. The molecule has 2 aromatic heterocycles. The van der Waals surface area contributed by atoms with Crippen molar-refractivity contribution in [3.8, 4) is 10.4 Å². The van der Waals surface area contributed by atoms with Gasteiger partial charge < -0.3 is 20.6 Å². The maximum Gasteiger partial charge on any atom is 0.405 e. The number of aromatic nitrogens is 2. The summed E-state index contributed by atoms with van der Waals surface area (Å²) < 4.78 is 66.2. The minimum absolute atomic E-state index is 0.0343. The van der Waals surface area contributed by atoms with Crippen molar-refractivity contribution in [1.82, 2.24) is 20.2 Å². The second-order valence-electron chi connectivity index (χ2n) is 10.2. The van der Waals surface area contributed by atoms with Gasteiger partial charge in [-0.05, 0) is 46.1 Å². The summed E-state index contributed by atoms with van der Waals surface area (Å²) in [7, 11) is 0. The summed E-state index contributed by atoms with van der Waals surface area (Å²) >= 11 is 0.703. The van der Waals surface area contributed by atoms with Crippen LogP contribution in [0.15, 0.2) is 12.3 Å². The summed E-state index contributed by atoms with van der Waals surface area (Å²) in [5, 5.41) is 14.2. The number of thiazole rings is 1. The summed E-state index contributed by atoms with van der Waals surface area (Å²) in [6, 6.07) is 0.574. The minimum atomic E-state index is -4.59. The normalized spacial score (nSPS) is 17.3. The largest absolute Gasteiger partial charge is 0.405 e. The lowest BCUT2D eigenvalue weighted by Crippen LogP contribution is -2.40. The van der Waals surface area contributed by atoms with E-state index in [1.807, 2.05) is 33.0 Å². The van der Waals surface area contributed by atoms with Gasteiger partial charge >= 0.3 is 6.18 Å². The van der Waals surface area contributed by atoms with Crippen molar-refractivity contribution >= 4 is 29.0 Å². The Morgan fingerprint density at radius 2 is 1.85 bits per heavy atom. The molecular formula is C27H38F5N5O3S. The van der Waals surface area contributed by atoms with Gasteiger partial charge in [-0.25, -0.2) is 18.7 Å². The second-order valence-corrected chi connectivity index (χ2v) is 11.2. The third-order valence-electron chi connectivity index (χ3n) is 6.23. The number of alkyl halides is 5. The lowest BCUT2D eigenvalue weighted by Gasteiger charge is -2.28. The monoisotopic (exact) mass is 607 g/mol. The summed E-state index contributed by atoms with van der Waals surface area (Å²) in [4.78, 5) is 36.4. The maximum atomic E-state index is 14.1. The summed E-state index contributed by atoms with van der Waals surface area (Å²) in [5.41, 5.74) is -2.30. The van der Waals surface area contributed by atoms with Crippen molar-refractivity contribution in [2.75, 3.05) is 18.4 Å². The predicted octanol–water partition coefficient (Wildman–Crippen LogP) is 6.44. The zero-order valence-corrected chi connectivity index (χ0v) is 24.8. The summed E-state index contributed by atoms with van der Waals surface area (Å²) in [6.45, 7) is 9.22. The molecule has 2 unspecified atom stereocenters. The van der Waals surface area contributed by atoms with E-state index in [-0.39, 0.29) is 39.8 Å². The molecule has 3 rings (SSSR count). The number of halogens is 5. The lowest BCUT2D eigenvalue weighted by atomic mass is 10.1. The van der Waals surface area contributed by atoms with Crippen LogP contribution < -0.4 is 10.6 Å². The highest BCUT2D eigenvalue weighted by Gasteiger charge is 2.38. The molecule has 41 heavy (non-hydrogen) atoms. The molecule has 0 saturated carbocycles. The molecule has 2 amide bonds. The van der Waals surface area contributed by atoms with E-state index in [0.717, 1.165) is 37.9 Å². The first kappa shape index (κ1) is 34.3. The van der Waals surface area contributed by atoms with Gasteiger partial charge in [0.1, 0.15) is 18.1 Å². The van der Waals surface area contributed by atoms with Crippen molar-refractivity contribution in [2.24, 2.45) is 0 Å². The number of amides is 2. The van der Waals surface area contributed by atoms with Crippen LogP contribution in [-0.2, 0) is 0 Å². The molecule has 230 valence electrons. The van der Waals surface area contributed by atoms with Crippen LogP contribution in [0.25, 0.3) is 10.4 Å². The Kier molecular flexibility index (Phi) is 12.0. The van der Waals surface area contributed by atoms with Crippen LogP contribution in [0.5, 0.6) is 0 Å². The molecule has 0 radical (unpaired) electrons. The third kappa shape index (κ3) is 9.32. The number of aliphatic hydroxyl groups is 1. The number of anilines is 1. The topological polar surface area (TPSA) is 107 Å². The van der Waals surface area contributed by atoms with E-state index in [9.17, 15) is 36.6 Å². The smallest absolute Gasteiger partial charge is 0.389 e. The molecule has 0 bridgehead atoms. The second kappa shape index (κ2) is 14.3. The quantitative estimate of drug-likeness (QED) is 0.269. The first-order valence-corrected chi connectivity index (χ1v) is 14.4. The number of rotatable bonds is 10. The number of hydrogen-bond acceptors (Lipinski definition) is 7. The molecule has 2 atom stereocenters. The molecule has 1 aliphatic rings. The van der Waals surface area contributed by atoms with E-state index in [1.54, 1.807) is 4.90 Å². The van der Waals surface area contributed by atoms with Crippen molar-refractivity contribution in [3.63, 3.8) is 0 Å². The molecule has 8 nitrogen and oxygen atoms in total. The Labute approximate surface area is 240 Å². The number of hydrogen-bond donors (Lipinski definition) is 3. The zero-order valence-electron chi connectivity index (χ0n) is 24.0. The van der Waals surface area contributed by atoms with Crippen molar-refractivity contribution in [3.05, 3.63) is 28.5 Å². The third-order valence-corrected chi connectivity index (χ3v) is 7.32. The average Bonchev–Trinajstić information content (AvgIpc) is 3.50. The maximum absolute atomic E-state index is 14.1. The molecule has 1 saturated heterocycles. The van der Waals surface area contributed by atoms with E-state index in [1.165, 1.54) is 13.8 Å². The van der Waals surface area contributed by atoms with Crippen molar-refractivity contribution in [1.29, 1.82) is 0 Å². The van der Waals surface area contributed by atoms with Crippen LogP contribution in [0.3, 0.4) is 0 Å². The number of carbonyl (C=O) groups excluding carboxylic acids is 2. The summed E-state index contributed by atoms with van der Waals surface area (Å²) in [5.74, 6) is -1.65. The number of nitrogens with one attached hydrogen (secondary N) is 2. The molecule has 2 aromatic rings. The lowest BCUT2D eigenvalue weighted by molar-refractivity contribution is -0.115. The van der Waals surface area contributed by atoms with Gasteiger partial charge in [0.15, 0.2) is 5.01 Å². The highest BCUT2D eigenvalue weighted by Crippen LogP contribution is 2.39. The van der Waals surface area contributed by atoms with E-state index in [2.05, 4.69) is 15.3 Å². The van der Waals surface area contributed by atoms with E-state index < -0.39 is 47.9 Å². The fourth-order valence-electron chi connectivity index (χ4n) is 4.42. The molecule has 3 heterocycles. The van der Waals surface area contributed by atoms with Crippen LogP contribution >= 0.6 is 11.3 Å². The molecule has 1 aliphatic heterocycles. The van der Waals surface area contributed by atoms with Crippen LogP contribution in [0.1, 0.15) is 99.5 Å². The van der Waals surface area contributed by atoms with Crippen molar-refractivity contribution in [2.45, 2.75) is 97.5 Å². The Hall–Kier alpha value is -2.87. The van der Waals surface area contributed by atoms with Gasteiger partial charge in [-0.1, -0.05) is 27.2 Å². The summed E-state index contributed by atoms with van der Waals surface area (Å²) in [6.07, 6.45) is -3.68. The molecule has 0 aromatic carbocycles. The van der Waals surface area contributed by atoms with E-state index in [0.29, 0.717) is 11.3 Å². The van der Waals surface area contributed by atoms with Gasteiger partial charge in [0, 0.05) is 36.0 Å². The first-order valence-electron chi connectivity index (χ1n) is 13.5. The number of nitrogens with zero attached hydrogens (tertiary/aromatic N) is 3. The Morgan fingerprint density at radius 3 is 2.41 bits per heavy atom. The average molecular weight is 608 g/mol. The van der Waals surface area contributed by atoms with Gasteiger partial charge in [-0.2, -0.15) is 13.2 Å². The van der Waals surface area contributed by atoms with Crippen LogP contribution in [-0.4, -0.2) is 68.7 Å². The first-order chi connectivity index (χ1) is 19.1. The fourth-order valence-corrected chi connectivity index (χ4v) is 5.43. The standard InChI is InChI=1S/C25H32F5N5O3S.C2H6/c1-5-6-14-8-7-13(2)35(14)23(37)18-19(39-22(34-18)21(36)33-11-24(3,4)38)16-10-31-17(9-15(16)20(26)27)32-12-25(28,29)30;1-2/h9-10,13-14,20,38H,5-8,11-12H2,1-4H3,(H,31,32)(H,33,36);1-2H3. The number of likely N-dealkylation sites (tertiary alicyclic amines) is 1. The number of pyridine rings is 1. The Morgan fingerprint density at radius 1 is 1.20 bits per heavy atom. The molecule has 3 N–H and O–H groups in total. The van der Waals surface area contributed by atoms with Crippen molar-refractivity contribution < 1.29 is 36.6 Å². The fraction of sp³-hybridized carbons (Fsp3) is 0.630. The molecular weight excluding hydrogens is 569 g/mol. The van der Waals surface area contributed by atoms with Gasteiger partial charge in [-0.15, -0.1) is 11.3 Å². The molecule has 1 fully saturated rings. The predicted molar refractivity (Wildman–Crippen MR) is 148 cm³/mol. The Bertz CT molecular complexity index is 1180. The van der Waals surface area contributed by atoms with Gasteiger partial charge in [0.05, 0.1) is 10.5 Å². The highest BCUT2D eigenvalue weighted by molar-refractivity contribution is 7.17. The zero-order chi connectivity index (χ0) is 31.1. The van der Waals surface area contributed by atoms with Gasteiger partial charge in [0.25, 0.3) is 18.2 Å². The molecule has 0 spiro atoms. The van der Waals surface area contributed by atoms with Crippen LogP contribution in [0.2, 0.25) is 0 Å². The van der Waals surface area contributed by atoms with E-state index in [4.69, 9.17) is 0 Å². The van der Waals surface area contributed by atoms with Crippen LogP contribution in [0.4, 0.5) is 27.8 Å². The highest BCUT2D eigenvalue weighted by atomic mass is 32.1. The number of carbonyl (C=O) groups is 2. The minimum Gasteiger partial charge on any atom is -0.389 e. The van der Waals surface area contributed by atoms with Gasteiger partial charge in [-0.3, -0.25) is 9.59 Å². The molecule has 0 aliphatic carbocycles.